The first kappa shape index (κ1) is 19.9. The number of nitrogens with zero attached hydrogens (tertiary/aromatic N) is 2. The zero-order valence-electron chi connectivity index (χ0n) is 15.4. The highest BCUT2D eigenvalue weighted by molar-refractivity contribution is 7.99. The van der Waals surface area contributed by atoms with Crippen molar-refractivity contribution in [3.63, 3.8) is 0 Å². The van der Waals surface area contributed by atoms with Crippen LogP contribution in [0.3, 0.4) is 0 Å². The monoisotopic (exact) mass is 403 g/mol. The topological polar surface area (TPSA) is 122 Å². The number of hydrogen-bond acceptors (Lipinski definition) is 7. The molecule has 0 unspecified atom stereocenters. The standard InChI is InChI=1S/C18H21N5O4S/c1-2-26-9-5-8-19-17(25)21-15(24)11-28-18-23-22-16(27-18)13-10-20-14-7-4-3-6-12(13)14/h3-4,6-7,10,20H,2,5,8-9,11H2,1H3,(H2,19,21,24,25). The molecule has 0 fully saturated rings. The summed E-state index contributed by atoms with van der Waals surface area (Å²) in [5.41, 5.74) is 1.77. The molecule has 0 radical (unpaired) electrons. The van der Waals surface area contributed by atoms with Crippen molar-refractivity contribution in [2.75, 3.05) is 25.5 Å². The maximum absolute atomic E-state index is 11.9. The van der Waals surface area contributed by atoms with Gasteiger partial charge in [-0.25, -0.2) is 4.79 Å². The van der Waals surface area contributed by atoms with Gasteiger partial charge in [0.05, 0.1) is 11.3 Å². The minimum atomic E-state index is -0.535. The largest absolute Gasteiger partial charge is 0.411 e. The summed E-state index contributed by atoms with van der Waals surface area (Å²) >= 11 is 1.07. The van der Waals surface area contributed by atoms with Crippen LogP contribution in [0.15, 0.2) is 40.1 Å². The average molecular weight is 403 g/mol. The number of ether oxygens (including phenoxy) is 1. The third kappa shape index (κ3) is 5.33. The Morgan fingerprint density at radius 3 is 3.00 bits per heavy atom. The Balaban J connectivity index is 1.45. The third-order valence-corrected chi connectivity index (χ3v) is 4.58. The number of urea groups is 1. The van der Waals surface area contributed by atoms with Crippen LogP contribution in [0.25, 0.3) is 22.4 Å². The van der Waals surface area contributed by atoms with E-state index in [-0.39, 0.29) is 11.0 Å². The summed E-state index contributed by atoms with van der Waals surface area (Å²) in [4.78, 5) is 26.6. The second-order valence-electron chi connectivity index (χ2n) is 5.76. The summed E-state index contributed by atoms with van der Waals surface area (Å²) in [6, 6.07) is 7.24. The summed E-state index contributed by atoms with van der Waals surface area (Å²) in [6.45, 7) is 3.54. The van der Waals surface area contributed by atoms with E-state index >= 15 is 0 Å². The number of imide groups is 1. The van der Waals surface area contributed by atoms with Crippen LogP contribution in [0, 0.1) is 0 Å². The number of nitrogens with one attached hydrogen (secondary N) is 3. The van der Waals surface area contributed by atoms with E-state index in [4.69, 9.17) is 9.15 Å². The van der Waals surface area contributed by atoms with E-state index in [1.165, 1.54) is 0 Å². The summed E-state index contributed by atoms with van der Waals surface area (Å²) < 4.78 is 10.8. The van der Waals surface area contributed by atoms with Crippen LogP contribution in [0.5, 0.6) is 0 Å². The van der Waals surface area contributed by atoms with Gasteiger partial charge in [0.25, 0.3) is 11.1 Å². The van der Waals surface area contributed by atoms with Crippen molar-refractivity contribution in [2.45, 2.75) is 18.6 Å². The van der Waals surface area contributed by atoms with Gasteiger partial charge < -0.3 is 19.5 Å². The van der Waals surface area contributed by atoms with Crippen molar-refractivity contribution in [3.8, 4) is 11.5 Å². The molecule has 1 aromatic carbocycles. The van der Waals surface area contributed by atoms with Gasteiger partial charge in [-0.1, -0.05) is 30.0 Å². The van der Waals surface area contributed by atoms with Crippen LogP contribution >= 0.6 is 11.8 Å². The van der Waals surface area contributed by atoms with Crippen LogP contribution in [0.2, 0.25) is 0 Å². The van der Waals surface area contributed by atoms with Crippen LogP contribution in [-0.4, -0.2) is 52.6 Å². The third-order valence-electron chi connectivity index (χ3n) is 3.76. The highest BCUT2D eigenvalue weighted by atomic mass is 32.2. The summed E-state index contributed by atoms with van der Waals surface area (Å²) in [7, 11) is 0. The lowest BCUT2D eigenvalue weighted by Gasteiger charge is -2.06. The molecule has 148 valence electrons. The number of aromatic amines is 1. The predicted octanol–water partition coefficient (Wildman–Crippen LogP) is 2.56. The first-order valence-corrected chi connectivity index (χ1v) is 9.84. The fourth-order valence-corrected chi connectivity index (χ4v) is 3.04. The van der Waals surface area contributed by atoms with Crippen LogP contribution < -0.4 is 10.6 Å². The van der Waals surface area contributed by atoms with E-state index in [1.54, 1.807) is 6.20 Å². The number of carbonyl (C=O) groups excluding carboxylic acids is 2. The molecule has 0 bridgehead atoms. The lowest BCUT2D eigenvalue weighted by atomic mass is 10.2. The van der Waals surface area contributed by atoms with Gasteiger partial charge in [0, 0.05) is 36.9 Å². The van der Waals surface area contributed by atoms with E-state index in [0.717, 1.165) is 28.2 Å². The zero-order chi connectivity index (χ0) is 19.8. The number of para-hydroxylation sites is 1. The average Bonchev–Trinajstić information content (AvgIpc) is 3.33. The molecule has 10 heteroatoms. The number of rotatable bonds is 9. The highest BCUT2D eigenvalue weighted by Gasteiger charge is 2.15. The normalized spacial score (nSPS) is 10.9. The Bertz CT molecular complexity index is 939. The van der Waals surface area contributed by atoms with Crippen molar-refractivity contribution in [1.82, 2.24) is 25.8 Å². The van der Waals surface area contributed by atoms with E-state index in [1.807, 2.05) is 31.2 Å². The number of thioether (sulfide) groups is 1. The van der Waals surface area contributed by atoms with Crippen LogP contribution in [0.4, 0.5) is 4.79 Å². The molecule has 2 aromatic heterocycles. The van der Waals surface area contributed by atoms with Crippen LogP contribution in [-0.2, 0) is 9.53 Å². The van der Waals surface area contributed by atoms with E-state index in [2.05, 4.69) is 25.8 Å². The minimum absolute atomic E-state index is 0.0120. The smallest absolute Gasteiger partial charge is 0.321 e. The Morgan fingerprint density at radius 2 is 2.14 bits per heavy atom. The van der Waals surface area contributed by atoms with Crippen molar-refractivity contribution in [3.05, 3.63) is 30.5 Å². The number of hydrogen-bond donors (Lipinski definition) is 3. The van der Waals surface area contributed by atoms with Gasteiger partial charge in [0.1, 0.15) is 0 Å². The number of benzene rings is 1. The maximum Gasteiger partial charge on any atom is 0.321 e. The van der Waals surface area contributed by atoms with E-state index < -0.39 is 11.9 Å². The molecule has 9 nitrogen and oxygen atoms in total. The number of amides is 3. The summed E-state index contributed by atoms with van der Waals surface area (Å²) in [6.07, 6.45) is 2.48. The van der Waals surface area contributed by atoms with Gasteiger partial charge in [-0.2, -0.15) is 0 Å². The molecule has 0 spiro atoms. The second kappa shape index (κ2) is 9.90. The molecule has 0 saturated carbocycles. The fourth-order valence-electron chi connectivity index (χ4n) is 2.48. The minimum Gasteiger partial charge on any atom is -0.411 e. The SMILES string of the molecule is CCOCCCNC(=O)NC(=O)CSc1nnc(-c2c[nH]c3ccccc23)o1. The first-order chi connectivity index (χ1) is 13.7. The van der Waals surface area contributed by atoms with Crippen molar-refractivity contribution < 1.29 is 18.7 Å². The molecule has 3 N–H and O–H groups in total. The predicted molar refractivity (Wildman–Crippen MR) is 105 cm³/mol. The molecule has 0 aliphatic heterocycles. The fraction of sp³-hybridized carbons (Fsp3) is 0.333. The molecule has 0 aliphatic carbocycles. The quantitative estimate of drug-likeness (QED) is 0.371. The molecular formula is C18H21N5O4S. The van der Waals surface area contributed by atoms with Gasteiger partial charge >= 0.3 is 6.03 Å². The van der Waals surface area contributed by atoms with Gasteiger partial charge in [-0.05, 0) is 19.4 Å². The van der Waals surface area contributed by atoms with Crippen molar-refractivity contribution in [1.29, 1.82) is 0 Å². The number of H-pyrrole nitrogens is 1. The molecule has 3 aromatic rings. The maximum atomic E-state index is 11.9. The Morgan fingerprint density at radius 1 is 1.29 bits per heavy atom. The summed E-state index contributed by atoms with van der Waals surface area (Å²) in [5.74, 6) is -0.0893. The molecule has 28 heavy (non-hydrogen) atoms. The number of fused-ring (bicyclic) bond motifs is 1. The number of carbonyl (C=O) groups is 2. The van der Waals surface area contributed by atoms with E-state index in [9.17, 15) is 9.59 Å². The highest BCUT2D eigenvalue weighted by Crippen LogP contribution is 2.29. The van der Waals surface area contributed by atoms with Gasteiger partial charge in [-0.15, -0.1) is 10.2 Å². The molecule has 3 rings (SSSR count). The molecule has 2 heterocycles. The lowest BCUT2D eigenvalue weighted by Crippen LogP contribution is -2.40. The van der Waals surface area contributed by atoms with Gasteiger partial charge in [0.2, 0.25) is 5.91 Å². The Kier molecular flexibility index (Phi) is 7.04. The first-order valence-electron chi connectivity index (χ1n) is 8.85. The zero-order valence-corrected chi connectivity index (χ0v) is 16.2. The lowest BCUT2D eigenvalue weighted by molar-refractivity contribution is -0.117. The molecule has 0 aliphatic rings. The second-order valence-corrected chi connectivity index (χ2v) is 6.69. The molecular weight excluding hydrogens is 382 g/mol. The molecule has 0 saturated heterocycles. The Hall–Kier alpha value is -2.85. The van der Waals surface area contributed by atoms with Crippen LogP contribution in [0.1, 0.15) is 13.3 Å². The van der Waals surface area contributed by atoms with Gasteiger partial charge in [0.15, 0.2) is 0 Å². The van der Waals surface area contributed by atoms with Crippen molar-refractivity contribution in [2.24, 2.45) is 0 Å². The number of aromatic nitrogens is 3. The molecule has 3 amide bonds. The van der Waals surface area contributed by atoms with Crippen molar-refractivity contribution >= 4 is 34.6 Å². The molecule has 0 atom stereocenters. The summed E-state index contributed by atoms with van der Waals surface area (Å²) in [5, 5.41) is 14.1. The van der Waals surface area contributed by atoms with Gasteiger partial charge in [-0.3, -0.25) is 10.1 Å². The van der Waals surface area contributed by atoms with E-state index in [0.29, 0.717) is 32.1 Å². The Labute approximate surface area is 165 Å².